The van der Waals surface area contributed by atoms with E-state index >= 15 is 0 Å². The Bertz CT molecular complexity index is 17.2. The van der Waals surface area contributed by atoms with Gasteiger partial charge in [-0.25, -0.2) is 0 Å². The number of unbranched alkanes of at least 4 members (excludes halogenated alkanes) is 1. The Labute approximate surface area is 51.5 Å². The molecule has 0 heterocycles. The van der Waals surface area contributed by atoms with Crippen LogP contribution < -0.4 is 0 Å². The van der Waals surface area contributed by atoms with Gasteiger partial charge in [0, 0.05) is 0 Å². The van der Waals surface area contributed by atoms with Crippen LogP contribution in [-0.4, -0.2) is 16.3 Å². The maximum atomic E-state index is 2.23. The standard InChI is InChI=1S/C4H9.Al.2FH.2H/c1-3-4-2;;;;;/h1,3-4H2,2H3;;2*1H;;. The van der Waals surface area contributed by atoms with Crippen LogP contribution in [0.1, 0.15) is 19.8 Å². The Balaban J connectivity index is -0.0000000800. The summed E-state index contributed by atoms with van der Waals surface area (Å²) in [5, 5.41) is 1.48. The molecule has 0 spiro atoms. The van der Waals surface area contributed by atoms with Crippen LogP contribution in [0.5, 0.6) is 0 Å². The molecule has 0 N–H and O–H groups in total. The number of hydrogen-bond donors (Lipinski definition) is 0. The molecule has 0 aliphatic heterocycles. The first-order valence-corrected chi connectivity index (χ1v) is 3.83. The third kappa shape index (κ3) is 21.5. The van der Waals surface area contributed by atoms with Gasteiger partial charge in [0.15, 0.2) is 0 Å². The molecule has 0 rings (SSSR count). The minimum Gasteiger partial charge on any atom is -0.269 e. The molecule has 0 amide bonds. The predicted molar refractivity (Wildman–Crippen MR) is 33.3 cm³/mol. The summed E-state index contributed by atoms with van der Waals surface area (Å²) in [7, 11) is 0. The smallest absolute Gasteiger partial charge is 0.211 e. The maximum absolute atomic E-state index is 2.23. The van der Waals surface area contributed by atoms with E-state index in [-0.39, 0.29) is 9.41 Å². The summed E-state index contributed by atoms with van der Waals surface area (Å²) in [6, 6.07) is 0. The van der Waals surface area contributed by atoms with Crippen molar-refractivity contribution in [1.29, 1.82) is 0 Å². The summed E-state index contributed by atoms with van der Waals surface area (Å²) < 4.78 is 0. The summed E-state index contributed by atoms with van der Waals surface area (Å²) in [6.45, 7) is 2.23. The van der Waals surface area contributed by atoms with Gasteiger partial charge in [-0.3, -0.25) is 9.41 Å². The molecule has 46 valence electrons. The van der Waals surface area contributed by atoms with Crippen molar-refractivity contribution < 1.29 is 9.41 Å². The van der Waals surface area contributed by atoms with Crippen LogP contribution in [0.15, 0.2) is 0 Å². The average molecular weight is 126 g/mol. The fraction of sp³-hybridized carbons (Fsp3) is 1.00. The highest BCUT2D eigenvalue weighted by molar-refractivity contribution is 6.08. The Morgan fingerprint density at radius 3 is 1.71 bits per heavy atom. The Morgan fingerprint density at radius 2 is 1.71 bits per heavy atom. The first-order valence-electron chi connectivity index (χ1n) is 2.41. The first kappa shape index (κ1) is 15.7. The van der Waals surface area contributed by atoms with Crippen molar-refractivity contribution in [1.82, 2.24) is 0 Å². The molecule has 0 atom stereocenters. The predicted octanol–water partition coefficient (Wildman–Crippen LogP) is 1.14. The molecule has 7 heavy (non-hydrogen) atoms. The van der Waals surface area contributed by atoms with Gasteiger partial charge in [0.05, 0.1) is 0 Å². The number of hydrogen-bond acceptors (Lipinski definition) is 0. The lowest BCUT2D eigenvalue weighted by Gasteiger charge is -1.78. The van der Waals surface area contributed by atoms with Crippen LogP contribution in [0.2, 0.25) is 5.28 Å². The van der Waals surface area contributed by atoms with Crippen molar-refractivity contribution in [2.24, 2.45) is 0 Å². The van der Waals surface area contributed by atoms with Gasteiger partial charge < -0.3 is 0 Å². The van der Waals surface area contributed by atoms with Crippen LogP contribution in [0.3, 0.4) is 0 Å². The topological polar surface area (TPSA) is 0 Å². The maximum Gasteiger partial charge on any atom is 0.211 e. The third-order valence-electron chi connectivity index (χ3n) is 0.707. The lowest BCUT2D eigenvalue weighted by Crippen LogP contribution is -1.63. The van der Waals surface area contributed by atoms with E-state index < -0.39 is 0 Å². The minimum atomic E-state index is 0. The molecule has 0 aromatic rings. The highest BCUT2D eigenvalue weighted by Gasteiger charge is 1.69. The zero-order valence-electron chi connectivity index (χ0n) is 4.94. The molecule has 3 heteroatoms. The molecule has 0 aliphatic rings. The minimum absolute atomic E-state index is 0. The van der Waals surface area contributed by atoms with Crippen LogP contribution in [-0.2, 0) is 0 Å². The largest absolute Gasteiger partial charge is 0.269 e. The van der Waals surface area contributed by atoms with Crippen LogP contribution in [0.25, 0.3) is 0 Å². The van der Waals surface area contributed by atoms with E-state index in [1.54, 1.807) is 0 Å². The lowest BCUT2D eigenvalue weighted by molar-refractivity contribution is 0.884. The van der Waals surface area contributed by atoms with Crippen molar-refractivity contribution in [3.05, 3.63) is 0 Å². The second kappa shape index (κ2) is 16.2. The van der Waals surface area contributed by atoms with E-state index in [4.69, 9.17) is 0 Å². The van der Waals surface area contributed by atoms with Gasteiger partial charge in [-0.2, -0.15) is 0 Å². The second-order valence-electron chi connectivity index (χ2n) is 1.35. The highest BCUT2D eigenvalue weighted by Crippen LogP contribution is 1.86. The molecule has 0 saturated carbocycles. The summed E-state index contributed by atoms with van der Waals surface area (Å²) in [5.74, 6) is 0. The van der Waals surface area contributed by atoms with Gasteiger partial charge in [-0.15, -0.1) is 5.28 Å². The van der Waals surface area contributed by atoms with Crippen molar-refractivity contribution >= 4 is 16.3 Å². The van der Waals surface area contributed by atoms with E-state index in [9.17, 15) is 0 Å². The van der Waals surface area contributed by atoms with E-state index in [1.165, 1.54) is 34.4 Å². The van der Waals surface area contributed by atoms with Gasteiger partial charge >= 0.3 is 0 Å². The van der Waals surface area contributed by atoms with Crippen molar-refractivity contribution in [3.63, 3.8) is 0 Å². The summed E-state index contributed by atoms with van der Waals surface area (Å²) in [6.07, 6.45) is 2.83. The van der Waals surface area contributed by atoms with Crippen LogP contribution >= 0.6 is 0 Å². The molecule has 0 unspecified atom stereocenters. The fourth-order valence-electron chi connectivity index (χ4n) is 0.354. The van der Waals surface area contributed by atoms with Gasteiger partial charge in [0.2, 0.25) is 16.3 Å². The number of halogens is 2. The Morgan fingerprint density at radius 1 is 1.29 bits per heavy atom. The molecule has 0 aromatic heterocycles. The molecule has 0 bridgehead atoms. The SMILES string of the molecule is CCC[CH2][AlH2].F.F. The molecular formula is C4H13AlF2. The third-order valence-corrected chi connectivity index (χ3v) is 1.41. The van der Waals surface area contributed by atoms with E-state index in [1.807, 2.05) is 0 Å². The molecule has 0 aromatic carbocycles. The summed E-state index contributed by atoms with van der Waals surface area (Å²) >= 11 is 1.40. The second-order valence-corrected chi connectivity index (χ2v) is 2.35. The van der Waals surface area contributed by atoms with Gasteiger partial charge in [-0.05, 0) is 0 Å². The normalized spacial score (nSPS) is 5.86. The highest BCUT2D eigenvalue weighted by atomic mass is 27.0. The van der Waals surface area contributed by atoms with Crippen molar-refractivity contribution in [2.75, 3.05) is 0 Å². The monoisotopic (exact) mass is 126 g/mol. The first-order chi connectivity index (χ1) is 2.41. The van der Waals surface area contributed by atoms with E-state index in [0.717, 1.165) is 0 Å². The van der Waals surface area contributed by atoms with Crippen molar-refractivity contribution in [3.8, 4) is 0 Å². The molecule has 0 aliphatic carbocycles. The molecule has 0 radical (unpaired) electrons. The number of rotatable bonds is 2. The fourth-order valence-corrected chi connectivity index (χ4v) is 1.06. The lowest BCUT2D eigenvalue weighted by atomic mass is 10.4. The summed E-state index contributed by atoms with van der Waals surface area (Å²) in [5.41, 5.74) is 0. The van der Waals surface area contributed by atoms with E-state index in [0.29, 0.717) is 0 Å². The molecule has 0 nitrogen and oxygen atoms in total. The van der Waals surface area contributed by atoms with Crippen LogP contribution in [0.4, 0.5) is 9.41 Å². The Kier molecular flexibility index (Phi) is 36.1. The van der Waals surface area contributed by atoms with Crippen molar-refractivity contribution in [2.45, 2.75) is 25.0 Å². The molecular weight excluding hydrogens is 113 g/mol. The Hall–Kier alpha value is 0.392. The van der Waals surface area contributed by atoms with Gasteiger partial charge in [0.25, 0.3) is 0 Å². The van der Waals surface area contributed by atoms with Crippen LogP contribution in [0, 0.1) is 0 Å². The van der Waals surface area contributed by atoms with E-state index in [2.05, 4.69) is 6.92 Å². The zero-order valence-corrected chi connectivity index (χ0v) is 6.94. The van der Waals surface area contributed by atoms with Gasteiger partial charge in [-0.1, -0.05) is 19.8 Å². The average Bonchev–Trinajstić information content (AvgIpc) is 1.41. The molecule has 0 fully saturated rings. The van der Waals surface area contributed by atoms with Gasteiger partial charge in [0.1, 0.15) is 0 Å². The quantitative estimate of drug-likeness (QED) is 0.487. The molecule has 0 saturated heterocycles. The summed E-state index contributed by atoms with van der Waals surface area (Å²) in [4.78, 5) is 0. The zero-order chi connectivity index (χ0) is 4.12.